The van der Waals surface area contributed by atoms with E-state index in [2.05, 4.69) is 50.3 Å². The summed E-state index contributed by atoms with van der Waals surface area (Å²) in [5, 5.41) is 50.7. The summed E-state index contributed by atoms with van der Waals surface area (Å²) in [7, 11) is 0.0503. The Morgan fingerprint density at radius 3 is 1.10 bits per heavy atom. The largest absolute Gasteiger partial charge is 1.00 e. The number of likely N-dealkylation sites (N-methyl/N-ethyl adjacent to an activating group) is 3. The first-order chi connectivity index (χ1) is 31.4. The molecule has 3 aliphatic heterocycles. The van der Waals surface area contributed by atoms with Gasteiger partial charge in [0.25, 0.3) is 0 Å². The van der Waals surface area contributed by atoms with Crippen LogP contribution < -0.4 is 67.3 Å². The van der Waals surface area contributed by atoms with E-state index in [0.29, 0.717) is 29.4 Å². The summed E-state index contributed by atoms with van der Waals surface area (Å²) >= 11 is 5.43. The summed E-state index contributed by atoms with van der Waals surface area (Å²) in [5.41, 5.74) is -0.294. The molecule has 5 atom stereocenters. The van der Waals surface area contributed by atoms with Crippen molar-refractivity contribution in [2.75, 3.05) is 60.6 Å². The van der Waals surface area contributed by atoms with Gasteiger partial charge in [0.1, 0.15) is 18.3 Å². The number of rotatable bonds is 10. The molecule has 2 unspecified atom stereocenters. The van der Waals surface area contributed by atoms with Crippen LogP contribution in [0.25, 0.3) is 0 Å². The number of carbonyl (C=O) groups is 2. The van der Waals surface area contributed by atoms with Crippen molar-refractivity contribution < 1.29 is 127 Å². The molecule has 0 radical (unpaired) electrons. The standard InChI is InChI=1S/3C9H13NOS.2C8H8O3.CHF3O3S.K.H2O/c3*1-10-6-8-9-7(2-4-11-8)3-5-12-9;2*9-7(8(10)11)6-4-2-1-3-5-6;2-1(3,4)8(5,6)7;;/h3*3,5,8,10H,2,4,6H2,1H3;2*1-5,7,9H,(H,10,11);(H,5,6,7);;1H2/q;;;;;;+1;/p-1/t8-;;;2*7-;;;/m0..11.../s1. The van der Waals surface area contributed by atoms with Gasteiger partial charge < -0.3 is 56.1 Å². The van der Waals surface area contributed by atoms with Crippen molar-refractivity contribution >= 4 is 56.1 Å². The average Bonchev–Trinajstić information content (AvgIpc) is 4.10. The molecule has 0 fully saturated rings. The van der Waals surface area contributed by atoms with E-state index in [-0.39, 0.29) is 56.9 Å². The number of hydrogen-bond acceptors (Lipinski definition) is 16. The molecule has 0 amide bonds. The summed E-state index contributed by atoms with van der Waals surface area (Å²) in [6.07, 6.45) is 1.31. The van der Waals surface area contributed by atoms with E-state index in [0.717, 1.165) is 58.7 Å². The van der Waals surface area contributed by atoms with E-state index in [9.17, 15) is 22.8 Å². The zero-order valence-corrected chi connectivity index (χ0v) is 44.2. The van der Waals surface area contributed by atoms with Crippen LogP contribution >= 0.6 is 34.0 Å². The number of aliphatic carboxylic acids is 2. The molecule has 5 aromatic rings. The Hall–Kier alpha value is -2.54. The molecule has 0 bridgehead atoms. The second-order valence-electron chi connectivity index (χ2n) is 14.2. The van der Waals surface area contributed by atoms with Gasteiger partial charge in [-0.2, -0.15) is 21.6 Å². The molecule has 3 aliphatic rings. The molecule has 0 aliphatic carbocycles. The van der Waals surface area contributed by atoms with E-state index in [1.807, 2.05) is 55.2 Å². The Balaban J connectivity index is 0.000000408. The molecule has 0 saturated heterocycles. The van der Waals surface area contributed by atoms with E-state index in [1.165, 1.54) is 31.3 Å². The Kier molecular flexibility index (Phi) is 31.0. The van der Waals surface area contributed by atoms with Gasteiger partial charge >= 0.3 is 78.9 Å². The zero-order chi connectivity index (χ0) is 48.7. The number of ether oxygens (including phenoxy) is 3. The molecule has 24 heteroatoms. The van der Waals surface area contributed by atoms with E-state index in [1.54, 1.807) is 60.7 Å². The molecule has 372 valence electrons. The fourth-order valence-electron chi connectivity index (χ4n) is 6.24. The summed E-state index contributed by atoms with van der Waals surface area (Å²) in [5.74, 6) is -2.45. The van der Waals surface area contributed by atoms with Gasteiger partial charge in [-0.3, -0.25) is 4.55 Å². The first-order valence-electron chi connectivity index (χ1n) is 20.4. The number of halogens is 3. The maximum atomic E-state index is 10.7. The minimum atomic E-state index is -5.84. The fourth-order valence-corrected chi connectivity index (χ4v) is 9.25. The molecular weight excluding hydrogens is 1000 g/mol. The number of aliphatic hydroxyl groups is 2. The quantitative estimate of drug-likeness (QED) is 0.0565. The van der Waals surface area contributed by atoms with Crippen LogP contribution in [0.3, 0.4) is 0 Å². The first kappa shape index (κ1) is 63.5. The van der Waals surface area contributed by atoms with Crippen molar-refractivity contribution in [2.24, 2.45) is 0 Å². The van der Waals surface area contributed by atoms with Crippen LogP contribution in [0.2, 0.25) is 0 Å². The molecule has 0 spiro atoms. The predicted molar refractivity (Wildman–Crippen MR) is 250 cm³/mol. The van der Waals surface area contributed by atoms with Crippen molar-refractivity contribution in [3.8, 4) is 0 Å². The minimum Gasteiger partial charge on any atom is -0.870 e. The second-order valence-corrected chi connectivity index (χ2v) is 18.4. The summed E-state index contributed by atoms with van der Waals surface area (Å²) in [4.78, 5) is 24.7. The average molecular weight is 1060 g/mol. The third kappa shape index (κ3) is 21.4. The summed E-state index contributed by atoms with van der Waals surface area (Å²) in [6.45, 7) is 5.39. The molecule has 0 saturated carbocycles. The summed E-state index contributed by atoms with van der Waals surface area (Å²) in [6, 6.07) is 23.2. The second kappa shape index (κ2) is 33.2. The van der Waals surface area contributed by atoms with Crippen molar-refractivity contribution in [2.45, 2.75) is 55.3 Å². The van der Waals surface area contributed by atoms with Crippen molar-refractivity contribution in [3.05, 3.63) is 137 Å². The normalized spacial score (nSPS) is 17.5. The Labute approximate surface area is 448 Å². The van der Waals surface area contributed by atoms with Gasteiger partial charge in [-0.1, -0.05) is 60.7 Å². The smallest absolute Gasteiger partial charge is 0.870 e. The summed E-state index contributed by atoms with van der Waals surface area (Å²) < 4.78 is 74.5. The fraction of sp³-hybridized carbons (Fsp3) is 0.409. The third-order valence-corrected chi connectivity index (χ3v) is 13.2. The molecule has 68 heavy (non-hydrogen) atoms. The predicted octanol–water partition coefficient (Wildman–Crippen LogP) is 3.57. The molecule has 9 N–H and O–H groups in total. The van der Waals surface area contributed by atoms with Gasteiger partial charge in [-0.05, 0) is 103 Å². The Morgan fingerprint density at radius 1 is 0.618 bits per heavy atom. The van der Waals surface area contributed by atoms with Crippen LogP contribution in [0, 0.1) is 0 Å². The molecule has 3 aromatic heterocycles. The SMILES string of the molecule is CNCC1OCCc2ccsc21.CNCC1OCCc2ccsc21.CNC[C@@H]1OCCc2ccsc21.O=C(O)[C@H](O)c1ccccc1.O=C(O)[C@H](O)c1ccccc1.O=S(=O)(O)C(F)(F)F.[K+].[OH-]. The molecule has 6 heterocycles. The van der Waals surface area contributed by atoms with Crippen molar-refractivity contribution in [3.63, 3.8) is 0 Å². The number of aliphatic hydroxyl groups excluding tert-OH is 2. The van der Waals surface area contributed by atoms with Crippen LogP contribution in [0.5, 0.6) is 0 Å². The van der Waals surface area contributed by atoms with Gasteiger partial charge in [-0.25, -0.2) is 9.59 Å². The Bertz CT molecular complexity index is 2090. The van der Waals surface area contributed by atoms with Crippen LogP contribution in [-0.2, 0) is 53.2 Å². The van der Waals surface area contributed by atoms with E-state index >= 15 is 0 Å². The first-order valence-corrected chi connectivity index (χ1v) is 24.4. The number of alkyl halides is 3. The molecule has 8 rings (SSSR count). The van der Waals surface area contributed by atoms with E-state index in [4.69, 9.17) is 47.6 Å². The van der Waals surface area contributed by atoms with Gasteiger partial charge in [0, 0.05) is 34.3 Å². The van der Waals surface area contributed by atoms with Crippen LogP contribution in [0.4, 0.5) is 13.2 Å². The maximum Gasteiger partial charge on any atom is 1.00 e. The molecular formula is C44H57F3KN3O13S4. The van der Waals surface area contributed by atoms with Crippen molar-refractivity contribution in [1.29, 1.82) is 0 Å². The van der Waals surface area contributed by atoms with Gasteiger partial charge in [0.2, 0.25) is 0 Å². The maximum absolute atomic E-state index is 10.7. The minimum absolute atomic E-state index is 0. The third-order valence-electron chi connectivity index (χ3n) is 9.45. The number of thiophene rings is 3. The Morgan fingerprint density at radius 2 is 0.882 bits per heavy atom. The van der Waals surface area contributed by atoms with E-state index < -0.39 is 39.8 Å². The molecule has 2 aromatic carbocycles. The van der Waals surface area contributed by atoms with Gasteiger partial charge in [0.15, 0.2) is 12.2 Å². The van der Waals surface area contributed by atoms with Crippen LogP contribution in [0.15, 0.2) is 95.0 Å². The number of carboxylic acids is 2. The topological polar surface area (TPSA) is 263 Å². The number of nitrogens with one attached hydrogen (secondary N) is 3. The zero-order valence-electron chi connectivity index (χ0n) is 37.8. The van der Waals surface area contributed by atoms with Gasteiger partial charge in [0.05, 0.1) is 19.8 Å². The monoisotopic (exact) mass is 1060 g/mol. The molecule has 16 nitrogen and oxygen atoms in total. The number of carboxylic acid groups (broad SMARTS) is 2. The van der Waals surface area contributed by atoms with Gasteiger partial charge in [-0.15, -0.1) is 34.0 Å². The number of hydrogen-bond donors (Lipinski definition) is 8. The van der Waals surface area contributed by atoms with Crippen molar-refractivity contribution in [1.82, 2.24) is 16.0 Å². The number of fused-ring (bicyclic) bond motifs is 3. The van der Waals surface area contributed by atoms with Crippen LogP contribution in [0.1, 0.15) is 73.0 Å². The number of benzene rings is 2. The van der Waals surface area contributed by atoms with Crippen LogP contribution in [-0.4, -0.2) is 117 Å².